The van der Waals surface area contributed by atoms with Crippen LogP contribution in [-0.2, 0) is 4.79 Å². The average Bonchev–Trinajstić information content (AvgIpc) is 2.38. The summed E-state index contributed by atoms with van der Waals surface area (Å²) in [5.41, 5.74) is 1.61. The maximum atomic E-state index is 11.4. The first-order valence-electron chi connectivity index (χ1n) is 5.93. The molecule has 100 valence electrons. The van der Waals surface area contributed by atoms with E-state index in [1.165, 1.54) is 6.07 Å². The van der Waals surface area contributed by atoms with E-state index < -0.39 is 0 Å². The fourth-order valence-electron chi connectivity index (χ4n) is 1.74. The van der Waals surface area contributed by atoms with Crippen molar-refractivity contribution in [2.24, 2.45) is 0 Å². The molecule has 0 saturated heterocycles. The maximum Gasteiger partial charge on any atom is 0.251 e. The van der Waals surface area contributed by atoms with Gasteiger partial charge in [-0.25, -0.2) is 4.98 Å². The number of benzene rings is 1. The van der Waals surface area contributed by atoms with E-state index in [1.54, 1.807) is 37.3 Å². The molecule has 0 aliphatic rings. The number of rotatable bonds is 3. The predicted molar refractivity (Wildman–Crippen MR) is 73.9 cm³/mol. The van der Waals surface area contributed by atoms with Gasteiger partial charge in [-0.3, -0.25) is 9.59 Å². The SMILES string of the molecule is Cc1cc(=O)[nH]c(-c2cccc(NC(=O)CC#N)c2)n1. The van der Waals surface area contributed by atoms with Gasteiger partial charge < -0.3 is 10.3 Å². The van der Waals surface area contributed by atoms with Gasteiger partial charge in [-0.1, -0.05) is 12.1 Å². The Morgan fingerprint density at radius 2 is 2.25 bits per heavy atom. The van der Waals surface area contributed by atoms with Crippen molar-refractivity contribution in [1.82, 2.24) is 9.97 Å². The van der Waals surface area contributed by atoms with E-state index in [0.717, 1.165) is 0 Å². The Hall–Kier alpha value is -2.94. The van der Waals surface area contributed by atoms with Crippen molar-refractivity contribution in [3.05, 3.63) is 46.4 Å². The lowest BCUT2D eigenvalue weighted by atomic mass is 10.2. The van der Waals surface area contributed by atoms with Gasteiger partial charge in [-0.2, -0.15) is 5.26 Å². The third-order valence-electron chi connectivity index (χ3n) is 2.53. The van der Waals surface area contributed by atoms with E-state index in [2.05, 4.69) is 15.3 Å². The fraction of sp³-hybridized carbons (Fsp3) is 0.143. The van der Waals surface area contributed by atoms with Crippen LogP contribution in [0.1, 0.15) is 12.1 Å². The van der Waals surface area contributed by atoms with E-state index in [4.69, 9.17) is 5.26 Å². The summed E-state index contributed by atoms with van der Waals surface area (Å²) in [5.74, 6) is 0.0572. The summed E-state index contributed by atoms with van der Waals surface area (Å²) >= 11 is 0. The van der Waals surface area contributed by atoms with Gasteiger partial charge >= 0.3 is 0 Å². The van der Waals surface area contributed by atoms with E-state index in [-0.39, 0.29) is 17.9 Å². The third kappa shape index (κ3) is 3.29. The van der Waals surface area contributed by atoms with Crippen molar-refractivity contribution in [2.75, 3.05) is 5.32 Å². The highest BCUT2D eigenvalue weighted by Crippen LogP contribution is 2.18. The van der Waals surface area contributed by atoms with Gasteiger partial charge in [0, 0.05) is 23.0 Å². The Balaban J connectivity index is 2.32. The van der Waals surface area contributed by atoms with Crippen molar-refractivity contribution < 1.29 is 4.79 Å². The first-order valence-corrected chi connectivity index (χ1v) is 5.93. The highest BCUT2D eigenvalue weighted by molar-refractivity contribution is 5.92. The van der Waals surface area contributed by atoms with Gasteiger partial charge in [-0.05, 0) is 19.1 Å². The number of hydrogen-bond acceptors (Lipinski definition) is 4. The van der Waals surface area contributed by atoms with Crippen molar-refractivity contribution in [3.8, 4) is 17.5 Å². The number of aryl methyl sites for hydroxylation is 1. The zero-order valence-electron chi connectivity index (χ0n) is 10.8. The van der Waals surface area contributed by atoms with Crippen LogP contribution in [0.2, 0.25) is 0 Å². The highest BCUT2D eigenvalue weighted by Gasteiger charge is 2.05. The van der Waals surface area contributed by atoms with E-state index in [0.29, 0.717) is 22.8 Å². The van der Waals surface area contributed by atoms with E-state index in [9.17, 15) is 9.59 Å². The van der Waals surface area contributed by atoms with Crippen LogP contribution in [-0.4, -0.2) is 15.9 Å². The molecule has 1 heterocycles. The molecule has 0 saturated carbocycles. The number of nitriles is 1. The number of aromatic nitrogens is 2. The van der Waals surface area contributed by atoms with Crippen LogP contribution >= 0.6 is 0 Å². The van der Waals surface area contributed by atoms with Crippen LogP contribution < -0.4 is 10.9 Å². The van der Waals surface area contributed by atoms with Gasteiger partial charge in [0.25, 0.3) is 5.56 Å². The minimum absolute atomic E-state index is 0.205. The lowest BCUT2D eigenvalue weighted by Crippen LogP contribution is -2.11. The van der Waals surface area contributed by atoms with Crippen LogP contribution in [0.4, 0.5) is 5.69 Å². The number of nitrogens with one attached hydrogen (secondary N) is 2. The van der Waals surface area contributed by atoms with Crippen LogP contribution in [0.5, 0.6) is 0 Å². The largest absolute Gasteiger partial charge is 0.325 e. The monoisotopic (exact) mass is 268 g/mol. The Bertz CT molecular complexity index is 743. The maximum absolute atomic E-state index is 11.4. The van der Waals surface area contributed by atoms with Crippen molar-refractivity contribution in [3.63, 3.8) is 0 Å². The molecule has 0 atom stereocenters. The molecule has 1 amide bonds. The summed E-state index contributed by atoms with van der Waals surface area (Å²) in [6.45, 7) is 1.73. The molecule has 0 fully saturated rings. The average molecular weight is 268 g/mol. The Morgan fingerprint density at radius 1 is 1.45 bits per heavy atom. The molecule has 6 nitrogen and oxygen atoms in total. The van der Waals surface area contributed by atoms with Crippen molar-refractivity contribution >= 4 is 11.6 Å². The molecule has 0 radical (unpaired) electrons. The molecule has 1 aromatic heterocycles. The molecule has 2 aromatic rings. The minimum atomic E-state index is -0.379. The van der Waals surface area contributed by atoms with E-state index in [1.807, 2.05) is 0 Å². The van der Waals surface area contributed by atoms with Gasteiger partial charge in [-0.15, -0.1) is 0 Å². The summed E-state index contributed by atoms with van der Waals surface area (Å²) in [6, 6.07) is 10.1. The summed E-state index contributed by atoms with van der Waals surface area (Å²) in [4.78, 5) is 29.7. The first-order chi connectivity index (χ1) is 9.58. The molecule has 0 aliphatic carbocycles. The number of hydrogen-bond donors (Lipinski definition) is 2. The van der Waals surface area contributed by atoms with Gasteiger partial charge in [0.15, 0.2) is 0 Å². The number of amides is 1. The van der Waals surface area contributed by atoms with Gasteiger partial charge in [0.1, 0.15) is 12.2 Å². The topological polar surface area (TPSA) is 98.6 Å². The summed E-state index contributed by atoms with van der Waals surface area (Å²) in [5, 5.41) is 11.0. The molecule has 2 rings (SSSR count). The second-order valence-corrected chi connectivity index (χ2v) is 4.20. The second kappa shape index (κ2) is 5.80. The lowest BCUT2D eigenvalue weighted by molar-refractivity contribution is -0.115. The molecule has 2 N–H and O–H groups in total. The molecule has 1 aromatic carbocycles. The number of H-pyrrole nitrogens is 1. The molecule has 0 unspecified atom stereocenters. The van der Waals surface area contributed by atoms with Crippen LogP contribution in [0.15, 0.2) is 35.1 Å². The minimum Gasteiger partial charge on any atom is -0.325 e. The molecule has 0 aliphatic heterocycles. The highest BCUT2D eigenvalue weighted by atomic mass is 16.1. The second-order valence-electron chi connectivity index (χ2n) is 4.20. The fourth-order valence-corrected chi connectivity index (χ4v) is 1.74. The number of nitrogens with zero attached hydrogens (tertiary/aromatic N) is 2. The third-order valence-corrected chi connectivity index (χ3v) is 2.53. The molecular weight excluding hydrogens is 256 g/mol. The summed E-state index contributed by atoms with van der Waals surface area (Å²) in [6.07, 6.45) is -0.205. The summed E-state index contributed by atoms with van der Waals surface area (Å²) in [7, 11) is 0. The normalized spacial score (nSPS) is 9.80. The number of carbonyl (C=O) groups excluding carboxylic acids is 1. The zero-order chi connectivity index (χ0) is 14.5. The molecule has 0 bridgehead atoms. The Labute approximate surface area is 115 Å². The molecular formula is C14H12N4O2. The molecule has 20 heavy (non-hydrogen) atoms. The van der Waals surface area contributed by atoms with Crippen LogP contribution in [0.25, 0.3) is 11.4 Å². The molecule has 6 heteroatoms. The number of carbonyl (C=O) groups is 1. The summed E-state index contributed by atoms with van der Waals surface area (Å²) < 4.78 is 0. The van der Waals surface area contributed by atoms with Gasteiger partial charge in [0.05, 0.1) is 6.07 Å². The lowest BCUT2D eigenvalue weighted by Gasteiger charge is -2.06. The van der Waals surface area contributed by atoms with Crippen molar-refractivity contribution in [2.45, 2.75) is 13.3 Å². The van der Waals surface area contributed by atoms with Crippen LogP contribution in [0, 0.1) is 18.3 Å². The van der Waals surface area contributed by atoms with E-state index >= 15 is 0 Å². The first kappa shape index (κ1) is 13.5. The number of anilines is 1. The standard InChI is InChI=1S/C14H12N4O2/c1-9-7-13(20)18-14(16-9)10-3-2-4-11(8-10)17-12(19)5-6-15/h2-4,7-8H,5H2,1H3,(H,17,19)(H,16,18,20). The Morgan fingerprint density at radius 3 is 2.95 bits per heavy atom. The number of aromatic amines is 1. The predicted octanol–water partition coefficient (Wildman–Crippen LogP) is 1.60. The van der Waals surface area contributed by atoms with Crippen LogP contribution in [0.3, 0.4) is 0 Å². The smallest absolute Gasteiger partial charge is 0.251 e. The van der Waals surface area contributed by atoms with Gasteiger partial charge in [0.2, 0.25) is 5.91 Å². The van der Waals surface area contributed by atoms with Crippen molar-refractivity contribution in [1.29, 1.82) is 5.26 Å². The Kier molecular flexibility index (Phi) is 3.91. The zero-order valence-corrected chi connectivity index (χ0v) is 10.8. The quantitative estimate of drug-likeness (QED) is 0.883. The molecule has 0 spiro atoms.